The molecule has 1 aromatic carbocycles. The number of aryl methyl sites for hydroxylation is 1. The van der Waals surface area contributed by atoms with Gasteiger partial charge in [0, 0.05) is 10.7 Å². The quantitative estimate of drug-likeness (QED) is 0.798. The van der Waals surface area contributed by atoms with Gasteiger partial charge in [0.15, 0.2) is 0 Å². The van der Waals surface area contributed by atoms with Gasteiger partial charge in [-0.05, 0) is 50.3 Å². The lowest BCUT2D eigenvalue weighted by Crippen LogP contribution is -2.20. The summed E-state index contributed by atoms with van der Waals surface area (Å²) < 4.78 is 28.9. The highest BCUT2D eigenvalue weighted by Crippen LogP contribution is 2.31. The van der Waals surface area contributed by atoms with Gasteiger partial charge in [-0.2, -0.15) is 0 Å². The third kappa shape index (κ3) is 3.39. The van der Waals surface area contributed by atoms with Crippen LogP contribution in [0.1, 0.15) is 37.7 Å². The topological polar surface area (TPSA) is 43.4 Å². The van der Waals surface area contributed by atoms with E-state index in [0.717, 1.165) is 31.2 Å². The summed E-state index contributed by atoms with van der Waals surface area (Å²) in [5.74, 6) is 0.377. The first-order chi connectivity index (χ1) is 8.47. The molecule has 0 radical (unpaired) electrons. The van der Waals surface area contributed by atoms with Crippen LogP contribution >= 0.6 is 10.7 Å². The average molecular weight is 289 g/mol. The molecule has 1 aliphatic rings. The van der Waals surface area contributed by atoms with Crippen LogP contribution in [0.25, 0.3) is 0 Å². The SMILES string of the molecule is Cc1ccc(OC2CCCCC2)c(S(=O)(=O)Cl)c1. The van der Waals surface area contributed by atoms with E-state index in [1.165, 1.54) is 6.42 Å². The molecule has 100 valence electrons. The van der Waals surface area contributed by atoms with Crippen LogP contribution in [0.5, 0.6) is 5.75 Å². The maximum atomic E-state index is 11.5. The minimum atomic E-state index is -3.76. The average Bonchev–Trinajstić information content (AvgIpc) is 2.31. The summed E-state index contributed by atoms with van der Waals surface area (Å²) in [5.41, 5.74) is 0.852. The molecule has 1 aromatic rings. The van der Waals surface area contributed by atoms with E-state index in [2.05, 4.69) is 0 Å². The maximum absolute atomic E-state index is 11.5. The van der Waals surface area contributed by atoms with E-state index in [0.29, 0.717) is 5.75 Å². The first kappa shape index (κ1) is 13.7. The Kier molecular flexibility index (Phi) is 4.17. The minimum Gasteiger partial charge on any atom is -0.489 e. The molecule has 1 fully saturated rings. The number of benzene rings is 1. The first-order valence-corrected chi connectivity index (χ1v) is 8.50. The van der Waals surface area contributed by atoms with Crippen molar-refractivity contribution in [1.29, 1.82) is 0 Å². The Bertz CT molecular complexity index is 519. The predicted molar refractivity (Wildman–Crippen MR) is 71.7 cm³/mol. The molecule has 0 N–H and O–H groups in total. The fourth-order valence-corrected chi connectivity index (χ4v) is 3.31. The van der Waals surface area contributed by atoms with Crippen molar-refractivity contribution in [3.63, 3.8) is 0 Å². The van der Waals surface area contributed by atoms with E-state index in [1.54, 1.807) is 12.1 Å². The van der Waals surface area contributed by atoms with Crippen molar-refractivity contribution < 1.29 is 13.2 Å². The predicted octanol–water partition coefficient (Wildman–Crippen LogP) is 3.63. The summed E-state index contributed by atoms with van der Waals surface area (Å²) in [5, 5.41) is 0. The van der Waals surface area contributed by atoms with Crippen molar-refractivity contribution in [2.75, 3.05) is 0 Å². The molecule has 0 amide bonds. The number of hydrogen-bond donors (Lipinski definition) is 0. The summed E-state index contributed by atoms with van der Waals surface area (Å²) in [4.78, 5) is 0.0785. The minimum absolute atomic E-state index is 0.0785. The third-order valence-corrected chi connectivity index (χ3v) is 4.55. The zero-order chi connectivity index (χ0) is 13.2. The van der Waals surface area contributed by atoms with Crippen LogP contribution < -0.4 is 4.74 Å². The van der Waals surface area contributed by atoms with Gasteiger partial charge in [0.2, 0.25) is 0 Å². The van der Waals surface area contributed by atoms with Gasteiger partial charge in [-0.1, -0.05) is 12.5 Å². The van der Waals surface area contributed by atoms with E-state index >= 15 is 0 Å². The summed E-state index contributed by atoms with van der Waals surface area (Å²) in [6.45, 7) is 1.83. The first-order valence-electron chi connectivity index (χ1n) is 6.19. The van der Waals surface area contributed by atoms with Crippen molar-refractivity contribution in [2.24, 2.45) is 0 Å². The largest absolute Gasteiger partial charge is 0.489 e. The Labute approximate surface area is 113 Å². The molecule has 3 nitrogen and oxygen atoms in total. The fraction of sp³-hybridized carbons (Fsp3) is 0.538. The van der Waals surface area contributed by atoms with Gasteiger partial charge < -0.3 is 4.74 Å². The van der Waals surface area contributed by atoms with Crippen molar-refractivity contribution in [3.05, 3.63) is 23.8 Å². The Morgan fingerprint density at radius 3 is 2.50 bits per heavy atom. The molecule has 0 spiro atoms. The highest BCUT2D eigenvalue weighted by atomic mass is 35.7. The summed E-state index contributed by atoms with van der Waals surface area (Å²) in [6.07, 6.45) is 5.58. The monoisotopic (exact) mass is 288 g/mol. The Hall–Kier alpha value is -0.740. The second-order valence-corrected chi connectivity index (χ2v) is 7.30. The summed E-state index contributed by atoms with van der Waals surface area (Å²) >= 11 is 0. The lowest BCUT2D eigenvalue weighted by molar-refractivity contribution is 0.151. The van der Waals surface area contributed by atoms with Crippen LogP contribution in [0, 0.1) is 6.92 Å². The van der Waals surface area contributed by atoms with Gasteiger partial charge in [-0.25, -0.2) is 8.42 Å². The van der Waals surface area contributed by atoms with E-state index in [9.17, 15) is 8.42 Å². The normalized spacial score (nSPS) is 17.7. The zero-order valence-corrected chi connectivity index (χ0v) is 11.9. The standard InChI is InChI=1S/C13H17ClO3S/c1-10-7-8-12(13(9-10)18(14,15)16)17-11-5-3-2-4-6-11/h7-9,11H,2-6H2,1H3. The molecular weight excluding hydrogens is 272 g/mol. The maximum Gasteiger partial charge on any atom is 0.264 e. The highest BCUT2D eigenvalue weighted by molar-refractivity contribution is 8.13. The molecule has 0 aromatic heterocycles. The molecule has 1 aliphatic carbocycles. The second kappa shape index (κ2) is 5.49. The molecule has 18 heavy (non-hydrogen) atoms. The molecule has 0 saturated heterocycles. The fourth-order valence-electron chi connectivity index (χ4n) is 2.27. The van der Waals surface area contributed by atoms with Crippen LogP contribution in [0.15, 0.2) is 23.1 Å². The van der Waals surface area contributed by atoms with Crippen LogP contribution in [-0.4, -0.2) is 14.5 Å². The van der Waals surface area contributed by atoms with E-state index in [-0.39, 0.29) is 11.0 Å². The molecule has 0 unspecified atom stereocenters. The van der Waals surface area contributed by atoms with Gasteiger partial charge in [0.25, 0.3) is 9.05 Å². The molecule has 2 rings (SSSR count). The summed E-state index contributed by atoms with van der Waals surface area (Å²) in [7, 11) is 1.69. The van der Waals surface area contributed by atoms with Crippen LogP contribution in [0.4, 0.5) is 0 Å². The third-order valence-electron chi connectivity index (χ3n) is 3.21. The number of rotatable bonds is 3. The Morgan fingerprint density at radius 1 is 1.22 bits per heavy atom. The molecule has 0 atom stereocenters. The van der Waals surface area contributed by atoms with Crippen molar-refractivity contribution >= 4 is 19.7 Å². The van der Waals surface area contributed by atoms with Gasteiger partial charge in [0.05, 0.1) is 6.10 Å². The van der Waals surface area contributed by atoms with E-state index < -0.39 is 9.05 Å². The zero-order valence-electron chi connectivity index (χ0n) is 10.4. The molecule has 1 saturated carbocycles. The van der Waals surface area contributed by atoms with Gasteiger partial charge in [-0.15, -0.1) is 0 Å². The van der Waals surface area contributed by atoms with Crippen LogP contribution in [0.3, 0.4) is 0 Å². The van der Waals surface area contributed by atoms with E-state index in [4.69, 9.17) is 15.4 Å². The summed E-state index contributed by atoms with van der Waals surface area (Å²) in [6, 6.07) is 5.09. The Morgan fingerprint density at radius 2 is 1.89 bits per heavy atom. The Balaban J connectivity index is 2.26. The number of halogens is 1. The number of ether oxygens (including phenoxy) is 1. The molecule has 0 aliphatic heterocycles. The highest BCUT2D eigenvalue weighted by Gasteiger charge is 2.21. The molecular formula is C13H17ClO3S. The molecule has 0 heterocycles. The van der Waals surface area contributed by atoms with Gasteiger partial charge in [-0.3, -0.25) is 0 Å². The number of hydrogen-bond acceptors (Lipinski definition) is 3. The van der Waals surface area contributed by atoms with E-state index in [1.807, 2.05) is 13.0 Å². The molecule has 0 bridgehead atoms. The lowest BCUT2D eigenvalue weighted by Gasteiger charge is -2.23. The lowest BCUT2D eigenvalue weighted by atomic mass is 9.98. The van der Waals surface area contributed by atoms with Crippen LogP contribution in [0.2, 0.25) is 0 Å². The van der Waals surface area contributed by atoms with Crippen molar-refractivity contribution in [1.82, 2.24) is 0 Å². The van der Waals surface area contributed by atoms with Crippen molar-refractivity contribution in [3.8, 4) is 5.75 Å². The van der Waals surface area contributed by atoms with Gasteiger partial charge >= 0.3 is 0 Å². The van der Waals surface area contributed by atoms with Crippen LogP contribution in [-0.2, 0) is 9.05 Å². The van der Waals surface area contributed by atoms with Gasteiger partial charge in [0.1, 0.15) is 10.6 Å². The smallest absolute Gasteiger partial charge is 0.264 e. The molecule has 5 heteroatoms. The second-order valence-electron chi connectivity index (χ2n) is 4.77. The van der Waals surface area contributed by atoms with Crippen molar-refractivity contribution in [2.45, 2.75) is 50.0 Å².